The second-order valence-electron chi connectivity index (χ2n) is 5.10. The van der Waals surface area contributed by atoms with Crippen LogP contribution in [0.5, 0.6) is 0 Å². The maximum atomic E-state index is 9.03. The summed E-state index contributed by atoms with van der Waals surface area (Å²) in [6.45, 7) is 4.13. The third-order valence-electron chi connectivity index (χ3n) is 3.75. The largest absolute Gasteiger partial charge is 0.394 e. The molecule has 1 unspecified atom stereocenters. The predicted octanol–water partition coefficient (Wildman–Crippen LogP) is 2.03. The molecular weight excluding hydrogens is 226 g/mol. The highest BCUT2D eigenvalue weighted by Gasteiger charge is 2.23. The third-order valence-corrected chi connectivity index (χ3v) is 3.75. The summed E-state index contributed by atoms with van der Waals surface area (Å²) in [4.78, 5) is 0. The Morgan fingerprint density at radius 2 is 2.39 bits per heavy atom. The number of aliphatic hydroxyl groups excluding tert-OH is 1. The van der Waals surface area contributed by atoms with Crippen molar-refractivity contribution >= 4 is 0 Å². The van der Waals surface area contributed by atoms with Gasteiger partial charge in [-0.3, -0.25) is 4.68 Å². The third kappa shape index (κ3) is 3.12. The number of unbranched alkanes of at least 4 members (excludes halogenated alkanes) is 2. The molecule has 0 aromatic carbocycles. The maximum Gasteiger partial charge on any atom is 0.0644 e. The van der Waals surface area contributed by atoms with Gasteiger partial charge in [0.1, 0.15) is 0 Å². The van der Waals surface area contributed by atoms with E-state index in [1.165, 1.54) is 43.4 Å². The van der Waals surface area contributed by atoms with Crippen molar-refractivity contribution in [3.8, 4) is 0 Å². The summed E-state index contributed by atoms with van der Waals surface area (Å²) < 4.78 is 1.97. The summed E-state index contributed by atoms with van der Waals surface area (Å²) in [6, 6.07) is 0.470. The summed E-state index contributed by atoms with van der Waals surface area (Å²) in [5.41, 5.74) is 2.68. The molecule has 0 spiro atoms. The number of aromatic nitrogens is 2. The quantitative estimate of drug-likeness (QED) is 0.729. The molecule has 0 bridgehead atoms. The standard InChI is InChI=1S/C14H25N3O/c1-2-3-4-8-15-13-6-5-7-14-12(13)11-16-17(14)9-10-18/h11,13,15,18H,2-10H2,1H3. The van der Waals surface area contributed by atoms with Crippen LogP contribution in [0.1, 0.15) is 56.3 Å². The van der Waals surface area contributed by atoms with Crippen molar-refractivity contribution in [2.45, 2.75) is 58.0 Å². The van der Waals surface area contributed by atoms with E-state index in [9.17, 15) is 0 Å². The van der Waals surface area contributed by atoms with Crippen molar-refractivity contribution in [2.24, 2.45) is 0 Å². The molecule has 1 heterocycles. The molecule has 102 valence electrons. The van der Waals surface area contributed by atoms with Crippen molar-refractivity contribution < 1.29 is 5.11 Å². The molecule has 0 radical (unpaired) electrons. The van der Waals surface area contributed by atoms with Gasteiger partial charge >= 0.3 is 0 Å². The van der Waals surface area contributed by atoms with Gasteiger partial charge in [0.2, 0.25) is 0 Å². The Morgan fingerprint density at radius 1 is 1.50 bits per heavy atom. The number of hydrogen-bond donors (Lipinski definition) is 2. The number of fused-ring (bicyclic) bond motifs is 1. The molecule has 0 saturated heterocycles. The molecule has 2 N–H and O–H groups in total. The SMILES string of the molecule is CCCCCNC1CCCc2c1cnn2CCO. The van der Waals surface area contributed by atoms with Crippen LogP contribution in [-0.4, -0.2) is 28.0 Å². The minimum atomic E-state index is 0.169. The Balaban J connectivity index is 1.95. The fourth-order valence-electron chi connectivity index (χ4n) is 2.77. The molecule has 0 amide bonds. The van der Waals surface area contributed by atoms with Gasteiger partial charge in [-0.1, -0.05) is 19.8 Å². The summed E-state index contributed by atoms with van der Waals surface area (Å²) in [6.07, 6.45) is 9.35. The van der Waals surface area contributed by atoms with Crippen LogP contribution in [0.2, 0.25) is 0 Å². The van der Waals surface area contributed by atoms with E-state index in [2.05, 4.69) is 17.3 Å². The van der Waals surface area contributed by atoms with Crippen LogP contribution in [0.3, 0.4) is 0 Å². The number of nitrogens with one attached hydrogen (secondary N) is 1. The van der Waals surface area contributed by atoms with Crippen LogP contribution in [0.25, 0.3) is 0 Å². The zero-order valence-electron chi connectivity index (χ0n) is 11.4. The van der Waals surface area contributed by atoms with Crippen molar-refractivity contribution in [3.05, 3.63) is 17.5 Å². The number of rotatable bonds is 7. The Hall–Kier alpha value is -0.870. The van der Waals surface area contributed by atoms with Gasteiger partial charge in [-0.2, -0.15) is 5.10 Å². The molecule has 0 saturated carbocycles. The zero-order chi connectivity index (χ0) is 12.8. The van der Waals surface area contributed by atoms with Crippen molar-refractivity contribution in [2.75, 3.05) is 13.2 Å². The van der Waals surface area contributed by atoms with E-state index in [1.54, 1.807) is 0 Å². The van der Waals surface area contributed by atoms with Gasteiger partial charge in [0.15, 0.2) is 0 Å². The van der Waals surface area contributed by atoms with Gasteiger partial charge in [0.05, 0.1) is 19.3 Å². The van der Waals surface area contributed by atoms with Crippen molar-refractivity contribution in [1.82, 2.24) is 15.1 Å². The Kier molecular flexibility index (Phi) is 5.20. The number of aliphatic hydroxyl groups is 1. The van der Waals surface area contributed by atoms with E-state index in [0.29, 0.717) is 12.6 Å². The second kappa shape index (κ2) is 6.90. The van der Waals surface area contributed by atoms with Gasteiger partial charge in [-0.15, -0.1) is 0 Å². The highest BCUT2D eigenvalue weighted by atomic mass is 16.3. The van der Waals surface area contributed by atoms with Crippen LogP contribution in [-0.2, 0) is 13.0 Å². The molecule has 4 nitrogen and oxygen atoms in total. The molecule has 18 heavy (non-hydrogen) atoms. The fourth-order valence-corrected chi connectivity index (χ4v) is 2.77. The predicted molar refractivity (Wildman–Crippen MR) is 72.5 cm³/mol. The van der Waals surface area contributed by atoms with Crippen molar-refractivity contribution in [1.29, 1.82) is 0 Å². The average Bonchev–Trinajstić information content (AvgIpc) is 2.79. The molecule has 1 aromatic rings. The van der Waals surface area contributed by atoms with E-state index in [1.807, 2.05) is 10.9 Å². The van der Waals surface area contributed by atoms with E-state index in [4.69, 9.17) is 5.11 Å². The van der Waals surface area contributed by atoms with E-state index in [0.717, 1.165) is 13.0 Å². The Labute approximate surface area is 109 Å². The first-order chi connectivity index (χ1) is 8.86. The molecule has 1 aliphatic rings. The molecule has 2 rings (SSSR count). The van der Waals surface area contributed by atoms with Gasteiger partial charge in [-0.25, -0.2) is 0 Å². The fraction of sp³-hybridized carbons (Fsp3) is 0.786. The molecule has 0 fully saturated rings. The first-order valence-corrected chi connectivity index (χ1v) is 7.25. The van der Waals surface area contributed by atoms with Crippen LogP contribution in [0, 0.1) is 0 Å². The molecule has 1 atom stereocenters. The van der Waals surface area contributed by atoms with E-state index >= 15 is 0 Å². The summed E-state index contributed by atoms with van der Waals surface area (Å²) in [5.74, 6) is 0. The highest BCUT2D eigenvalue weighted by molar-refractivity contribution is 5.24. The Bertz CT molecular complexity index is 362. The van der Waals surface area contributed by atoms with E-state index < -0.39 is 0 Å². The lowest BCUT2D eigenvalue weighted by molar-refractivity contribution is 0.266. The van der Waals surface area contributed by atoms with Crippen LogP contribution >= 0.6 is 0 Å². The van der Waals surface area contributed by atoms with Crippen LogP contribution < -0.4 is 5.32 Å². The number of hydrogen-bond acceptors (Lipinski definition) is 3. The zero-order valence-corrected chi connectivity index (χ0v) is 11.4. The molecule has 1 aliphatic carbocycles. The summed E-state index contributed by atoms with van der Waals surface area (Å²) in [7, 11) is 0. The van der Waals surface area contributed by atoms with Gasteiger partial charge < -0.3 is 10.4 Å². The average molecular weight is 251 g/mol. The lowest BCUT2D eigenvalue weighted by atomic mass is 9.93. The molecular formula is C14H25N3O. The summed E-state index contributed by atoms with van der Waals surface area (Å²) >= 11 is 0. The highest BCUT2D eigenvalue weighted by Crippen LogP contribution is 2.29. The smallest absolute Gasteiger partial charge is 0.0644 e. The second-order valence-corrected chi connectivity index (χ2v) is 5.10. The molecule has 1 aromatic heterocycles. The van der Waals surface area contributed by atoms with Gasteiger partial charge in [0.25, 0.3) is 0 Å². The first kappa shape index (κ1) is 13.6. The maximum absolute atomic E-state index is 9.03. The topological polar surface area (TPSA) is 50.1 Å². The first-order valence-electron chi connectivity index (χ1n) is 7.25. The monoisotopic (exact) mass is 251 g/mol. The van der Waals surface area contributed by atoms with Crippen molar-refractivity contribution in [3.63, 3.8) is 0 Å². The van der Waals surface area contributed by atoms with Crippen LogP contribution in [0.4, 0.5) is 0 Å². The number of nitrogens with zero attached hydrogens (tertiary/aromatic N) is 2. The molecule has 4 heteroatoms. The minimum absolute atomic E-state index is 0.169. The molecule has 0 aliphatic heterocycles. The van der Waals surface area contributed by atoms with E-state index in [-0.39, 0.29) is 6.61 Å². The lowest BCUT2D eigenvalue weighted by Gasteiger charge is -2.24. The minimum Gasteiger partial charge on any atom is -0.394 e. The Morgan fingerprint density at radius 3 is 3.17 bits per heavy atom. The van der Waals surface area contributed by atoms with Crippen LogP contribution in [0.15, 0.2) is 6.20 Å². The lowest BCUT2D eigenvalue weighted by Crippen LogP contribution is -2.26. The summed E-state index contributed by atoms with van der Waals surface area (Å²) in [5, 5.41) is 17.1. The van der Waals surface area contributed by atoms with Gasteiger partial charge in [0, 0.05) is 17.3 Å². The normalized spacial score (nSPS) is 18.9. The van der Waals surface area contributed by atoms with Gasteiger partial charge in [-0.05, 0) is 32.2 Å².